The molecular formula is C25H31NO4. The number of aliphatic hydroxyl groups is 1. The number of pyridine rings is 1. The quantitative estimate of drug-likeness (QED) is 0.745. The average Bonchev–Trinajstić information content (AvgIpc) is 2.70. The maximum absolute atomic E-state index is 13.0. The van der Waals surface area contributed by atoms with Crippen molar-refractivity contribution in [3.8, 4) is 17.1 Å². The summed E-state index contributed by atoms with van der Waals surface area (Å²) < 4.78 is 12.3. The molecule has 5 atom stereocenters. The van der Waals surface area contributed by atoms with Crippen molar-refractivity contribution in [2.75, 3.05) is 0 Å². The van der Waals surface area contributed by atoms with Crippen LogP contribution in [0.25, 0.3) is 11.3 Å². The summed E-state index contributed by atoms with van der Waals surface area (Å²) in [6, 6.07) is 5.57. The first-order valence-corrected chi connectivity index (χ1v) is 11.1. The molecular weight excluding hydrogens is 378 g/mol. The van der Waals surface area contributed by atoms with Gasteiger partial charge in [-0.1, -0.05) is 20.8 Å². The van der Waals surface area contributed by atoms with Crippen LogP contribution in [0.2, 0.25) is 0 Å². The molecule has 0 bridgehead atoms. The molecule has 0 radical (unpaired) electrons. The Bertz CT molecular complexity index is 1030. The van der Waals surface area contributed by atoms with E-state index in [0.29, 0.717) is 29.4 Å². The van der Waals surface area contributed by atoms with Crippen LogP contribution < -0.4 is 10.4 Å². The molecule has 0 amide bonds. The third-order valence-electron chi connectivity index (χ3n) is 8.68. The Labute approximate surface area is 177 Å². The fraction of sp³-hybridized carbons (Fsp3) is 0.600. The molecule has 2 aromatic rings. The van der Waals surface area contributed by atoms with Crippen LogP contribution in [-0.4, -0.2) is 21.8 Å². The first-order chi connectivity index (χ1) is 14.1. The third-order valence-corrected chi connectivity index (χ3v) is 8.68. The molecule has 1 N–H and O–H groups in total. The summed E-state index contributed by atoms with van der Waals surface area (Å²) in [5, 5.41) is 10.7. The van der Waals surface area contributed by atoms with Gasteiger partial charge in [0.2, 0.25) is 0 Å². The summed E-state index contributed by atoms with van der Waals surface area (Å²) in [6.07, 6.45) is 7.50. The summed E-state index contributed by atoms with van der Waals surface area (Å²) in [5.41, 5.74) is 0.666. The zero-order chi connectivity index (χ0) is 21.3. The Balaban J connectivity index is 1.57. The molecule has 2 saturated carbocycles. The van der Waals surface area contributed by atoms with E-state index in [0.717, 1.165) is 31.2 Å². The van der Waals surface area contributed by atoms with Crippen LogP contribution in [0.1, 0.15) is 58.9 Å². The number of hydrogen-bond donors (Lipinski definition) is 1. The molecule has 30 heavy (non-hydrogen) atoms. The van der Waals surface area contributed by atoms with Crippen molar-refractivity contribution in [2.45, 2.75) is 71.5 Å². The molecule has 5 nitrogen and oxygen atoms in total. The SMILES string of the molecule is CC1(C)C2CC[C@@]3(C)Oc4cc(-c5cccnc5)oc(=O)c4CC3[C@@]2(C)CC[C@@H]1O. The summed E-state index contributed by atoms with van der Waals surface area (Å²) in [5.74, 6) is 1.77. The van der Waals surface area contributed by atoms with E-state index in [2.05, 4.69) is 32.7 Å². The van der Waals surface area contributed by atoms with Gasteiger partial charge in [-0.25, -0.2) is 4.79 Å². The van der Waals surface area contributed by atoms with Crippen molar-refractivity contribution in [1.82, 2.24) is 4.98 Å². The van der Waals surface area contributed by atoms with Crippen LogP contribution in [0.3, 0.4) is 0 Å². The maximum Gasteiger partial charge on any atom is 0.343 e. The van der Waals surface area contributed by atoms with E-state index in [9.17, 15) is 9.90 Å². The summed E-state index contributed by atoms with van der Waals surface area (Å²) in [7, 11) is 0. The van der Waals surface area contributed by atoms with Crippen LogP contribution in [0.15, 0.2) is 39.8 Å². The van der Waals surface area contributed by atoms with Gasteiger partial charge in [-0.05, 0) is 67.9 Å². The smallest absolute Gasteiger partial charge is 0.343 e. The third kappa shape index (κ3) is 2.71. The first-order valence-electron chi connectivity index (χ1n) is 11.1. The molecule has 0 spiro atoms. The fourth-order valence-corrected chi connectivity index (χ4v) is 6.95. The number of fused-ring (bicyclic) bond motifs is 4. The van der Waals surface area contributed by atoms with Crippen molar-refractivity contribution in [2.24, 2.45) is 22.7 Å². The van der Waals surface area contributed by atoms with Crippen molar-refractivity contribution in [1.29, 1.82) is 0 Å². The molecule has 5 rings (SSSR count). The van der Waals surface area contributed by atoms with Crippen LogP contribution in [0, 0.1) is 22.7 Å². The molecule has 2 aliphatic carbocycles. The Morgan fingerprint density at radius 3 is 2.67 bits per heavy atom. The zero-order valence-electron chi connectivity index (χ0n) is 18.3. The van der Waals surface area contributed by atoms with Gasteiger partial charge in [0.05, 0.1) is 11.7 Å². The molecule has 1 aliphatic heterocycles. The molecule has 2 fully saturated rings. The molecule has 160 valence electrons. The van der Waals surface area contributed by atoms with Gasteiger partial charge in [0, 0.05) is 29.9 Å². The standard InChI is InChI=1S/C25H31NO4/c1-23(2)19-7-10-25(4)20(24(19,3)9-8-21(23)27)12-16-18(30-25)13-17(29-22(16)28)15-6-5-11-26-14-15/h5-6,11,13-14,19-21,27H,7-10,12H2,1-4H3/t19?,20?,21-,24-,25+/m0/s1. The minimum absolute atomic E-state index is 0.0158. The predicted octanol–water partition coefficient (Wildman–Crippen LogP) is 4.61. The molecule has 5 heteroatoms. The fourth-order valence-electron chi connectivity index (χ4n) is 6.95. The lowest BCUT2D eigenvalue weighted by Crippen LogP contribution is -2.63. The maximum atomic E-state index is 13.0. The Hall–Kier alpha value is -2.14. The Morgan fingerprint density at radius 1 is 1.13 bits per heavy atom. The second kappa shape index (κ2) is 6.43. The number of hydrogen-bond acceptors (Lipinski definition) is 5. The monoisotopic (exact) mass is 409 g/mol. The second-order valence-corrected chi connectivity index (χ2v) is 10.6. The number of aromatic nitrogens is 1. The van der Waals surface area contributed by atoms with Gasteiger partial charge in [-0.2, -0.15) is 0 Å². The highest BCUT2D eigenvalue weighted by atomic mass is 16.5. The number of ether oxygens (including phenoxy) is 1. The topological polar surface area (TPSA) is 72.6 Å². The molecule has 3 heterocycles. The molecule has 2 aromatic heterocycles. The second-order valence-electron chi connectivity index (χ2n) is 10.6. The van der Waals surface area contributed by atoms with Gasteiger partial charge in [0.1, 0.15) is 17.1 Å². The zero-order valence-corrected chi connectivity index (χ0v) is 18.3. The number of nitrogens with zero attached hydrogens (tertiary/aromatic N) is 1. The van der Waals surface area contributed by atoms with E-state index in [1.165, 1.54) is 0 Å². The van der Waals surface area contributed by atoms with E-state index in [4.69, 9.17) is 9.15 Å². The van der Waals surface area contributed by atoms with Gasteiger partial charge in [-0.15, -0.1) is 0 Å². The lowest BCUT2D eigenvalue weighted by atomic mass is 9.44. The lowest BCUT2D eigenvalue weighted by molar-refractivity contribution is -0.191. The van der Waals surface area contributed by atoms with E-state index in [-0.39, 0.29) is 34.1 Å². The Morgan fingerprint density at radius 2 is 1.93 bits per heavy atom. The molecule has 2 unspecified atom stereocenters. The highest BCUT2D eigenvalue weighted by Crippen LogP contribution is 2.64. The van der Waals surface area contributed by atoms with Gasteiger partial charge in [-0.3, -0.25) is 4.98 Å². The molecule has 0 aromatic carbocycles. The number of rotatable bonds is 1. The van der Waals surface area contributed by atoms with Crippen molar-refractivity contribution < 1.29 is 14.3 Å². The normalized spacial score (nSPS) is 36.8. The van der Waals surface area contributed by atoms with Gasteiger partial charge in [0.15, 0.2) is 0 Å². The van der Waals surface area contributed by atoms with Crippen molar-refractivity contribution in [3.63, 3.8) is 0 Å². The summed E-state index contributed by atoms with van der Waals surface area (Å²) >= 11 is 0. The van der Waals surface area contributed by atoms with Crippen LogP contribution in [-0.2, 0) is 6.42 Å². The largest absolute Gasteiger partial charge is 0.487 e. The van der Waals surface area contributed by atoms with E-state index < -0.39 is 0 Å². The van der Waals surface area contributed by atoms with E-state index >= 15 is 0 Å². The molecule has 3 aliphatic rings. The lowest BCUT2D eigenvalue weighted by Gasteiger charge is -2.64. The molecule has 0 saturated heterocycles. The first kappa shape index (κ1) is 19.8. The average molecular weight is 410 g/mol. The minimum Gasteiger partial charge on any atom is -0.487 e. The Kier molecular flexibility index (Phi) is 4.24. The van der Waals surface area contributed by atoms with Crippen molar-refractivity contribution >= 4 is 0 Å². The van der Waals surface area contributed by atoms with E-state index in [1.54, 1.807) is 12.4 Å². The van der Waals surface area contributed by atoms with Crippen molar-refractivity contribution in [3.05, 3.63) is 46.6 Å². The predicted molar refractivity (Wildman–Crippen MR) is 114 cm³/mol. The number of aliphatic hydroxyl groups excluding tert-OH is 1. The minimum atomic E-state index is -0.323. The summed E-state index contributed by atoms with van der Waals surface area (Å²) in [4.78, 5) is 17.1. The highest BCUT2D eigenvalue weighted by Gasteiger charge is 2.62. The highest BCUT2D eigenvalue weighted by molar-refractivity contribution is 5.58. The van der Waals surface area contributed by atoms with Crippen LogP contribution in [0.5, 0.6) is 5.75 Å². The van der Waals surface area contributed by atoms with Gasteiger partial charge in [0.25, 0.3) is 0 Å². The van der Waals surface area contributed by atoms with Gasteiger partial charge < -0.3 is 14.3 Å². The van der Waals surface area contributed by atoms with Crippen LogP contribution >= 0.6 is 0 Å². The van der Waals surface area contributed by atoms with E-state index in [1.807, 2.05) is 18.2 Å². The summed E-state index contributed by atoms with van der Waals surface area (Å²) in [6.45, 7) is 8.97. The van der Waals surface area contributed by atoms with Crippen LogP contribution in [0.4, 0.5) is 0 Å². The van der Waals surface area contributed by atoms with Gasteiger partial charge >= 0.3 is 5.63 Å².